The Balaban J connectivity index is 3.13. The minimum absolute atomic E-state index is 0.156. The molecule has 6 N–H and O–H groups in total. The van der Waals surface area contributed by atoms with Gasteiger partial charge in [0, 0.05) is 23.1 Å². The standard InChI is InChI=1S/C8H12BClN4O2/c1-14(12)13-8(11)5-2-3-7(10)6(4-5)9(15)16/h2-4,15-16H,12H2,1H3,(H2,11,13). The molecule has 1 aromatic carbocycles. The summed E-state index contributed by atoms with van der Waals surface area (Å²) in [6, 6.07) is 4.55. The fourth-order valence-corrected chi connectivity index (χ4v) is 1.34. The molecule has 0 aliphatic carbocycles. The molecular weight excluding hydrogens is 230 g/mol. The highest BCUT2D eigenvalue weighted by Crippen LogP contribution is 2.08. The van der Waals surface area contributed by atoms with Crippen LogP contribution in [-0.2, 0) is 0 Å². The maximum Gasteiger partial charge on any atom is 0.489 e. The van der Waals surface area contributed by atoms with Gasteiger partial charge in [-0.1, -0.05) is 11.6 Å². The van der Waals surface area contributed by atoms with E-state index in [0.717, 1.165) is 5.12 Å². The summed E-state index contributed by atoms with van der Waals surface area (Å²) in [6.07, 6.45) is 0. The van der Waals surface area contributed by atoms with Crippen molar-refractivity contribution in [3.63, 3.8) is 0 Å². The molecule has 86 valence electrons. The number of nitrogens with two attached hydrogens (primary N) is 2. The van der Waals surface area contributed by atoms with Crippen LogP contribution in [0.2, 0.25) is 5.02 Å². The van der Waals surface area contributed by atoms with E-state index in [-0.39, 0.29) is 16.3 Å². The number of hydrogen-bond donors (Lipinski definition) is 4. The Hall–Kier alpha value is -1.28. The molecule has 0 radical (unpaired) electrons. The molecule has 0 spiro atoms. The molecule has 16 heavy (non-hydrogen) atoms. The van der Waals surface area contributed by atoms with E-state index >= 15 is 0 Å². The molecule has 0 fully saturated rings. The molecule has 0 saturated carbocycles. The number of hydrogen-bond acceptors (Lipinski definition) is 5. The fraction of sp³-hybridized carbons (Fsp3) is 0.125. The smallest absolute Gasteiger partial charge is 0.423 e. The van der Waals surface area contributed by atoms with E-state index in [2.05, 4.69) is 5.10 Å². The number of hydrazone groups is 1. The normalized spacial score (nSPS) is 11.4. The zero-order valence-corrected chi connectivity index (χ0v) is 9.39. The van der Waals surface area contributed by atoms with E-state index in [1.807, 2.05) is 0 Å². The number of halogens is 1. The van der Waals surface area contributed by atoms with Crippen LogP contribution in [0, 0.1) is 0 Å². The monoisotopic (exact) mass is 242 g/mol. The van der Waals surface area contributed by atoms with Gasteiger partial charge in [0.1, 0.15) is 0 Å². The summed E-state index contributed by atoms with van der Waals surface area (Å²) < 4.78 is 0. The summed E-state index contributed by atoms with van der Waals surface area (Å²) in [6.45, 7) is 0. The van der Waals surface area contributed by atoms with Crippen LogP contribution >= 0.6 is 11.6 Å². The summed E-state index contributed by atoms with van der Waals surface area (Å²) >= 11 is 5.77. The summed E-state index contributed by atoms with van der Waals surface area (Å²) in [5, 5.41) is 23.2. The first kappa shape index (κ1) is 12.8. The van der Waals surface area contributed by atoms with E-state index in [1.165, 1.54) is 19.2 Å². The Labute approximate surface area is 98.2 Å². The van der Waals surface area contributed by atoms with Crippen molar-refractivity contribution in [1.29, 1.82) is 0 Å². The van der Waals surface area contributed by atoms with Crippen LogP contribution in [0.25, 0.3) is 0 Å². The summed E-state index contributed by atoms with van der Waals surface area (Å²) in [5.74, 6) is 5.46. The van der Waals surface area contributed by atoms with Crippen molar-refractivity contribution in [3.8, 4) is 0 Å². The third-order valence-corrected chi connectivity index (χ3v) is 2.18. The van der Waals surface area contributed by atoms with Gasteiger partial charge in [-0.15, -0.1) is 5.10 Å². The zero-order valence-electron chi connectivity index (χ0n) is 8.63. The third kappa shape index (κ3) is 3.11. The Morgan fingerprint density at radius 3 is 2.62 bits per heavy atom. The van der Waals surface area contributed by atoms with Crippen LogP contribution in [0.15, 0.2) is 23.3 Å². The number of amidine groups is 1. The van der Waals surface area contributed by atoms with E-state index < -0.39 is 7.12 Å². The van der Waals surface area contributed by atoms with Gasteiger partial charge in [0.2, 0.25) is 0 Å². The first-order valence-corrected chi connectivity index (χ1v) is 4.78. The van der Waals surface area contributed by atoms with Crippen molar-refractivity contribution in [3.05, 3.63) is 28.8 Å². The lowest BCUT2D eigenvalue weighted by Crippen LogP contribution is -2.32. The molecule has 1 aromatic rings. The van der Waals surface area contributed by atoms with Crippen molar-refractivity contribution in [2.45, 2.75) is 0 Å². The molecule has 0 aromatic heterocycles. The van der Waals surface area contributed by atoms with Crippen molar-refractivity contribution in [2.75, 3.05) is 7.05 Å². The average Bonchev–Trinajstić information content (AvgIpc) is 2.16. The second-order valence-corrected chi connectivity index (χ2v) is 3.58. The van der Waals surface area contributed by atoms with Gasteiger partial charge < -0.3 is 15.8 Å². The minimum Gasteiger partial charge on any atom is -0.423 e. The topological polar surface area (TPSA) is 108 Å². The van der Waals surface area contributed by atoms with Gasteiger partial charge in [0.25, 0.3) is 0 Å². The van der Waals surface area contributed by atoms with Gasteiger partial charge in [0.05, 0.1) is 0 Å². The number of rotatable bonds is 3. The molecule has 0 saturated heterocycles. The Morgan fingerprint density at radius 2 is 2.12 bits per heavy atom. The van der Waals surface area contributed by atoms with E-state index in [9.17, 15) is 0 Å². The maximum absolute atomic E-state index is 9.05. The maximum atomic E-state index is 9.05. The van der Waals surface area contributed by atoms with E-state index in [4.69, 9.17) is 33.2 Å². The van der Waals surface area contributed by atoms with Crippen LogP contribution in [0.3, 0.4) is 0 Å². The number of hydrazine groups is 1. The average molecular weight is 242 g/mol. The van der Waals surface area contributed by atoms with E-state index in [0.29, 0.717) is 5.56 Å². The SMILES string of the molecule is CN(N)/N=C(\N)c1ccc(Cl)c(B(O)O)c1. The molecule has 0 aliphatic rings. The van der Waals surface area contributed by atoms with Gasteiger partial charge in [-0.2, -0.15) is 0 Å². The van der Waals surface area contributed by atoms with Crippen LogP contribution < -0.4 is 17.0 Å². The lowest BCUT2D eigenvalue weighted by atomic mass is 9.79. The van der Waals surface area contributed by atoms with Crippen LogP contribution in [0.5, 0.6) is 0 Å². The quantitative estimate of drug-likeness (QED) is 0.169. The van der Waals surface area contributed by atoms with Crippen LogP contribution in [0.1, 0.15) is 5.56 Å². The van der Waals surface area contributed by atoms with Gasteiger partial charge in [-0.3, -0.25) is 0 Å². The van der Waals surface area contributed by atoms with Gasteiger partial charge in [0.15, 0.2) is 5.84 Å². The summed E-state index contributed by atoms with van der Waals surface area (Å²) in [5.41, 5.74) is 6.31. The highest BCUT2D eigenvalue weighted by atomic mass is 35.5. The molecule has 6 nitrogen and oxygen atoms in total. The number of nitrogens with zero attached hydrogens (tertiary/aromatic N) is 2. The minimum atomic E-state index is -1.66. The lowest BCUT2D eigenvalue weighted by Gasteiger charge is -2.09. The Bertz CT molecular complexity index is 411. The van der Waals surface area contributed by atoms with Crippen LogP contribution in [0.4, 0.5) is 0 Å². The summed E-state index contributed by atoms with van der Waals surface area (Å²) in [7, 11) is -0.138. The first-order chi connectivity index (χ1) is 7.41. The lowest BCUT2D eigenvalue weighted by molar-refractivity contribution is 0.371. The molecule has 0 atom stereocenters. The predicted molar refractivity (Wildman–Crippen MR) is 64.0 cm³/mol. The van der Waals surface area contributed by atoms with Crippen molar-refractivity contribution in [2.24, 2.45) is 16.7 Å². The molecule has 0 bridgehead atoms. The van der Waals surface area contributed by atoms with Gasteiger partial charge in [-0.05, 0) is 18.2 Å². The van der Waals surface area contributed by atoms with E-state index in [1.54, 1.807) is 6.07 Å². The fourth-order valence-electron chi connectivity index (χ4n) is 1.13. The molecule has 0 aliphatic heterocycles. The third-order valence-electron chi connectivity index (χ3n) is 1.84. The molecule has 0 unspecified atom stereocenters. The zero-order chi connectivity index (χ0) is 12.3. The second-order valence-electron chi connectivity index (χ2n) is 3.17. The molecular formula is C8H12BClN4O2. The van der Waals surface area contributed by atoms with Crippen molar-refractivity contribution in [1.82, 2.24) is 5.12 Å². The highest BCUT2D eigenvalue weighted by molar-refractivity contribution is 6.62. The van der Waals surface area contributed by atoms with Crippen molar-refractivity contribution < 1.29 is 10.0 Å². The highest BCUT2D eigenvalue weighted by Gasteiger charge is 2.16. The molecule has 1 rings (SSSR count). The van der Waals surface area contributed by atoms with Crippen molar-refractivity contribution >= 4 is 30.0 Å². The predicted octanol–water partition coefficient (Wildman–Crippen LogP) is -1.55. The summed E-state index contributed by atoms with van der Waals surface area (Å²) in [4.78, 5) is 0. The second kappa shape index (κ2) is 5.17. The molecule has 8 heteroatoms. The molecule has 0 amide bonds. The van der Waals surface area contributed by atoms with Crippen LogP contribution in [-0.4, -0.2) is 35.2 Å². The number of benzene rings is 1. The van der Waals surface area contributed by atoms with Gasteiger partial charge in [-0.25, -0.2) is 11.0 Å². The largest absolute Gasteiger partial charge is 0.489 e. The Kier molecular flexibility index (Phi) is 4.14. The first-order valence-electron chi connectivity index (χ1n) is 4.40. The molecule has 0 heterocycles. The van der Waals surface area contributed by atoms with Gasteiger partial charge >= 0.3 is 7.12 Å². The Morgan fingerprint density at radius 1 is 1.50 bits per heavy atom.